The van der Waals surface area contributed by atoms with Gasteiger partial charge < -0.3 is 4.74 Å². The van der Waals surface area contributed by atoms with Crippen molar-refractivity contribution in [1.82, 2.24) is 5.32 Å². The molecule has 1 aliphatic heterocycles. The van der Waals surface area contributed by atoms with E-state index in [0.717, 1.165) is 19.4 Å². The lowest BCUT2D eigenvalue weighted by atomic mass is 9.74. The van der Waals surface area contributed by atoms with Gasteiger partial charge in [0.25, 0.3) is 0 Å². The molecule has 1 saturated heterocycles. The molecule has 1 heterocycles. The van der Waals surface area contributed by atoms with Crippen LogP contribution in [0.2, 0.25) is 0 Å². The number of rotatable bonds is 0. The average molecular weight is 225 g/mol. The zero-order valence-electron chi connectivity index (χ0n) is 11.7. The molecule has 2 rings (SSSR count). The molecule has 1 aliphatic carbocycles. The molecule has 0 amide bonds. The fraction of sp³-hybridized carbons (Fsp3) is 1.00. The van der Waals surface area contributed by atoms with Gasteiger partial charge in [0.1, 0.15) is 5.72 Å². The summed E-state index contributed by atoms with van der Waals surface area (Å²) in [6.45, 7) is 14.8. The first-order valence-electron chi connectivity index (χ1n) is 6.53. The van der Waals surface area contributed by atoms with Crippen molar-refractivity contribution in [3.63, 3.8) is 0 Å². The average Bonchev–Trinajstić information content (AvgIpc) is 2.36. The van der Waals surface area contributed by atoms with E-state index < -0.39 is 0 Å². The van der Waals surface area contributed by atoms with Crippen molar-refractivity contribution in [2.24, 2.45) is 10.8 Å². The molecule has 16 heavy (non-hydrogen) atoms. The van der Waals surface area contributed by atoms with Gasteiger partial charge in [0.15, 0.2) is 0 Å². The smallest absolute Gasteiger partial charge is 0.120 e. The van der Waals surface area contributed by atoms with E-state index in [1.54, 1.807) is 0 Å². The highest BCUT2D eigenvalue weighted by Crippen LogP contribution is 2.50. The third-order valence-corrected chi connectivity index (χ3v) is 4.90. The molecule has 2 fully saturated rings. The van der Waals surface area contributed by atoms with Gasteiger partial charge in [0.05, 0.1) is 5.60 Å². The minimum Gasteiger partial charge on any atom is -0.354 e. The second-order valence-electron chi connectivity index (χ2n) is 7.69. The highest BCUT2D eigenvalue weighted by molar-refractivity contribution is 5.03. The summed E-state index contributed by atoms with van der Waals surface area (Å²) in [6.07, 6.45) is 3.55. The molecule has 0 aromatic rings. The predicted molar refractivity (Wildman–Crippen MR) is 67.3 cm³/mol. The van der Waals surface area contributed by atoms with Crippen LogP contribution in [-0.2, 0) is 4.74 Å². The van der Waals surface area contributed by atoms with Crippen molar-refractivity contribution in [2.45, 2.75) is 72.1 Å². The molecular weight excluding hydrogens is 198 g/mol. The fourth-order valence-electron chi connectivity index (χ4n) is 2.99. The minimum atomic E-state index is -0.0531. The van der Waals surface area contributed by atoms with Crippen LogP contribution < -0.4 is 5.32 Å². The van der Waals surface area contributed by atoms with Crippen LogP contribution in [0.5, 0.6) is 0 Å². The van der Waals surface area contributed by atoms with Gasteiger partial charge in [-0.25, -0.2) is 0 Å². The Labute approximate surface area is 100 Å². The van der Waals surface area contributed by atoms with Crippen molar-refractivity contribution >= 4 is 0 Å². The second kappa shape index (κ2) is 3.23. The minimum absolute atomic E-state index is 0.0430. The van der Waals surface area contributed by atoms with Crippen LogP contribution in [0.1, 0.15) is 60.8 Å². The number of ether oxygens (including phenoxy) is 1. The molecule has 1 N–H and O–H groups in total. The van der Waals surface area contributed by atoms with Crippen molar-refractivity contribution in [3.8, 4) is 0 Å². The molecule has 1 spiro atoms. The number of hydrogen-bond donors (Lipinski definition) is 1. The van der Waals surface area contributed by atoms with E-state index in [4.69, 9.17) is 4.74 Å². The maximum atomic E-state index is 6.46. The standard InChI is InChI=1S/C14H27NO/c1-11(2)7-8-14(9-11)15-10-12(3,4)13(5,6)16-14/h15H,7-10H2,1-6H3. The maximum absolute atomic E-state index is 6.46. The first-order chi connectivity index (χ1) is 7.08. The van der Waals surface area contributed by atoms with Crippen molar-refractivity contribution in [1.29, 1.82) is 0 Å². The van der Waals surface area contributed by atoms with Crippen molar-refractivity contribution in [3.05, 3.63) is 0 Å². The summed E-state index contributed by atoms with van der Waals surface area (Å²) in [5.41, 5.74) is 0.525. The summed E-state index contributed by atoms with van der Waals surface area (Å²) < 4.78 is 6.46. The van der Waals surface area contributed by atoms with Gasteiger partial charge in [0.2, 0.25) is 0 Å². The van der Waals surface area contributed by atoms with E-state index in [0.29, 0.717) is 5.41 Å². The largest absolute Gasteiger partial charge is 0.354 e. The fourth-order valence-corrected chi connectivity index (χ4v) is 2.99. The Kier molecular flexibility index (Phi) is 2.50. The van der Waals surface area contributed by atoms with Gasteiger partial charge in [-0.1, -0.05) is 27.7 Å². The number of hydrogen-bond acceptors (Lipinski definition) is 2. The predicted octanol–water partition coefficient (Wildman–Crippen LogP) is 3.32. The molecular formula is C14H27NO. The van der Waals surface area contributed by atoms with Crippen LogP contribution in [0, 0.1) is 10.8 Å². The summed E-state index contributed by atoms with van der Waals surface area (Å²) in [6, 6.07) is 0. The molecule has 94 valence electrons. The normalized spacial score (nSPS) is 40.1. The Morgan fingerprint density at radius 2 is 1.56 bits per heavy atom. The quantitative estimate of drug-likeness (QED) is 0.683. The Balaban J connectivity index is 2.18. The van der Waals surface area contributed by atoms with E-state index in [-0.39, 0.29) is 16.7 Å². The van der Waals surface area contributed by atoms with E-state index in [1.165, 1.54) is 6.42 Å². The summed E-state index contributed by atoms with van der Waals surface area (Å²) >= 11 is 0. The molecule has 0 aromatic heterocycles. The molecule has 0 bridgehead atoms. The first-order valence-corrected chi connectivity index (χ1v) is 6.53. The Morgan fingerprint density at radius 1 is 0.938 bits per heavy atom. The lowest BCUT2D eigenvalue weighted by molar-refractivity contribution is -0.235. The van der Waals surface area contributed by atoms with Crippen LogP contribution in [0.25, 0.3) is 0 Å². The van der Waals surface area contributed by atoms with Gasteiger partial charge in [0, 0.05) is 12.0 Å². The van der Waals surface area contributed by atoms with Gasteiger partial charge >= 0.3 is 0 Å². The second-order valence-corrected chi connectivity index (χ2v) is 7.69. The lowest BCUT2D eigenvalue weighted by Crippen LogP contribution is -2.64. The SMILES string of the molecule is CC1(C)CCC2(C1)NCC(C)(C)C(C)(C)O2. The van der Waals surface area contributed by atoms with Crippen molar-refractivity contribution < 1.29 is 4.74 Å². The molecule has 2 aliphatic rings. The Morgan fingerprint density at radius 3 is 2.00 bits per heavy atom. The topological polar surface area (TPSA) is 21.3 Å². The third-order valence-electron chi connectivity index (χ3n) is 4.90. The number of nitrogens with one attached hydrogen (secondary N) is 1. The van der Waals surface area contributed by atoms with Gasteiger partial charge in [-0.05, 0) is 38.5 Å². The molecule has 1 atom stereocenters. The van der Waals surface area contributed by atoms with Crippen LogP contribution in [0.4, 0.5) is 0 Å². The Hall–Kier alpha value is -0.0800. The third kappa shape index (κ3) is 1.91. The zero-order valence-corrected chi connectivity index (χ0v) is 11.7. The van der Waals surface area contributed by atoms with E-state index in [2.05, 4.69) is 46.9 Å². The highest BCUT2D eigenvalue weighted by Gasteiger charge is 2.54. The molecule has 1 saturated carbocycles. The Bertz CT molecular complexity index is 293. The summed E-state index contributed by atoms with van der Waals surface area (Å²) in [4.78, 5) is 0. The summed E-state index contributed by atoms with van der Waals surface area (Å²) in [5.74, 6) is 0. The molecule has 2 nitrogen and oxygen atoms in total. The van der Waals surface area contributed by atoms with Crippen LogP contribution in [0.15, 0.2) is 0 Å². The van der Waals surface area contributed by atoms with Crippen molar-refractivity contribution in [2.75, 3.05) is 6.54 Å². The summed E-state index contributed by atoms with van der Waals surface area (Å²) in [5, 5.41) is 3.67. The van der Waals surface area contributed by atoms with E-state index in [1.807, 2.05) is 0 Å². The van der Waals surface area contributed by atoms with Gasteiger partial charge in [-0.15, -0.1) is 0 Å². The zero-order chi connectivity index (χ0) is 12.2. The van der Waals surface area contributed by atoms with Crippen LogP contribution in [-0.4, -0.2) is 17.9 Å². The lowest BCUT2D eigenvalue weighted by Gasteiger charge is -2.53. The van der Waals surface area contributed by atoms with Crippen LogP contribution >= 0.6 is 0 Å². The van der Waals surface area contributed by atoms with E-state index >= 15 is 0 Å². The van der Waals surface area contributed by atoms with Crippen LogP contribution in [0.3, 0.4) is 0 Å². The maximum Gasteiger partial charge on any atom is 0.120 e. The monoisotopic (exact) mass is 225 g/mol. The first kappa shape index (κ1) is 12.4. The molecule has 0 radical (unpaired) electrons. The van der Waals surface area contributed by atoms with E-state index in [9.17, 15) is 0 Å². The highest BCUT2D eigenvalue weighted by atomic mass is 16.5. The van der Waals surface area contributed by atoms with Gasteiger partial charge in [-0.2, -0.15) is 0 Å². The molecule has 2 heteroatoms. The summed E-state index contributed by atoms with van der Waals surface area (Å²) in [7, 11) is 0. The molecule has 0 aromatic carbocycles. The van der Waals surface area contributed by atoms with Gasteiger partial charge in [-0.3, -0.25) is 5.32 Å². The molecule has 1 unspecified atom stereocenters.